The van der Waals surface area contributed by atoms with E-state index in [9.17, 15) is 14.0 Å². The predicted molar refractivity (Wildman–Crippen MR) is 73.3 cm³/mol. The molecule has 0 saturated heterocycles. The van der Waals surface area contributed by atoms with Crippen molar-refractivity contribution in [3.63, 3.8) is 0 Å². The van der Waals surface area contributed by atoms with Gasteiger partial charge in [-0.25, -0.2) is 9.18 Å². The van der Waals surface area contributed by atoms with E-state index in [-0.39, 0.29) is 17.4 Å². The summed E-state index contributed by atoms with van der Waals surface area (Å²) in [4.78, 5) is 23.0. The van der Waals surface area contributed by atoms with Crippen molar-refractivity contribution < 1.29 is 19.1 Å². The highest BCUT2D eigenvalue weighted by Crippen LogP contribution is 2.69. The molecule has 0 heterocycles. The molecule has 3 saturated carbocycles. The zero-order valence-corrected chi connectivity index (χ0v) is 11.4. The summed E-state index contributed by atoms with van der Waals surface area (Å²) < 4.78 is 13.6. The van der Waals surface area contributed by atoms with Crippen LogP contribution >= 0.6 is 0 Å². The van der Waals surface area contributed by atoms with Gasteiger partial charge in [-0.2, -0.15) is 0 Å². The second-order valence-electron chi connectivity index (χ2n) is 6.50. The van der Waals surface area contributed by atoms with E-state index in [0.717, 1.165) is 6.07 Å². The molecule has 3 aliphatic carbocycles. The molecule has 0 aliphatic heterocycles. The highest BCUT2D eigenvalue weighted by molar-refractivity contribution is 5.96. The summed E-state index contributed by atoms with van der Waals surface area (Å²) in [6, 6.07) is 3.70. The Hall–Kier alpha value is -1.91. The van der Waals surface area contributed by atoms with E-state index in [2.05, 4.69) is 5.32 Å². The van der Waals surface area contributed by atoms with Crippen LogP contribution in [0, 0.1) is 35.4 Å². The van der Waals surface area contributed by atoms with Gasteiger partial charge in [-0.05, 0) is 61.1 Å². The largest absolute Gasteiger partial charge is 0.478 e. The van der Waals surface area contributed by atoms with Gasteiger partial charge in [0.05, 0.1) is 5.56 Å². The van der Waals surface area contributed by atoms with E-state index < -0.39 is 11.8 Å². The Balaban J connectivity index is 1.46. The molecule has 2 bridgehead atoms. The maximum absolute atomic E-state index is 13.6. The van der Waals surface area contributed by atoms with Gasteiger partial charge in [0.25, 0.3) is 0 Å². The Kier molecular flexibility index (Phi) is 2.62. The molecule has 4 rings (SSSR count). The van der Waals surface area contributed by atoms with E-state index >= 15 is 0 Å². The van der Waals surface area contributed by atoms with Crippen molar-refractivity contribution in [2.24, 2.45) is 29.6 Å². The van der Waals surface area contributed by atoms with Gasteiger partial charge >= 0.3 is 5.97 Å². The van der Waals surface area contributed by atoms with Gasteiger partial charge in [-0.1, -0.05) is 0 Å². The number of carbonyl (C=O) groups excluding carboxylic acids is 1. The third-order valence-corrected chi connectivity index (χ3v) is 5.51. The molecule has 4 nitrogen and oxygen atoms in total. The number of anilines is 1. The SMILES string of the molecule is O=C(O)c1ccc(NC(=O)C2C3C4CCC(C4)C23)cc1F. The zero-order valence-electron chi connectivity index (χ0n) is 11.4. The number of carboxylic acid groups (broad SMARTS) is 1. The number of hydrogen-bond acceptors (Lipinski definition) is 2. The Bertz CT molecular complexity index is 628. The maximum atomic E-state index is 13.6. The number of halogens is 1. The second-order valence-corrected chi connectivity index (χ2v) is 6.50. The third-order valence-electron chi connectivity index (χ3n) is 5.51. The molecule has 0 spiro atoms. The normalized spacial score (nSPS) is 35.4. The first-order chi connectivity index (χ1) is 10.1. The van der Waals surface area contributed by atoms with Crippen molar-refractivity contribution >= 4 is 17.6 Å². The van der Waals surface area contributed by atoms with Crippen LogP contribution in [0.3, 0.4) is 0 Å². The Morgan fingerprint density at radius 3 is 2.43 bits per heavy atom. The van der Waals surface area contributed by atoms with Crippen LogP contribution in [0.4, 0.5) is 10.1 Å². The first-order valence-corrected chi connectivity index (χ1v) is 7.40. The van der Waals surface area contributed by atoms with Crippen LogP contribution in [0.1, 0.15) is 29.6 Å². The number of fused-ring (bicyclic) bond motifs is 5. The number of aromatic carboxylic acids is 1. The summed E-state index contributed by atoms with van der Waals surface area (Å²) in [6.07, 6.45) is 3.77. The van der Waals surface area contributed by atoms with Crippen molar-refractivity contribution in [1.29, 1.82) is 0 Å². The highest BCUT2D eigenvalue weighted by atomic mass is 19.1. The lowest BCUT2D eigenvalue weighted by molar-refractivity contribution is -0.118. The predicted octanol–water partition coefficient (Wildman–Crippen LogP) is 2.75. The van der Waals surface area contributed by atoms with Gasteiger partial charge in [0.1, 0.15) is 5.82 Å². The fourth-order valence-electron chi connectivity index (χ4n) is 4.67. The van der Waals surface area contributed by atoms with Gasteiger partial charge < -0.3 is 10.4 Å². The Morgan fingerprint density at radius 1 is 1.19 bits per heavy atom. The molecule has 5 heteroatoms. The summed E-state index contributed by atoms with van der Waals surface area (Å²) in [7, 11) is 0. The second kappa shape index (κ2) is 4.29. The zero-order chi connectivity index (χ0) is 14.7. The van der Waals surface area contributed by atoms with E-state index in [1.54, 1.807) is 0 Å². The average molecular weight is 289 g/mol. The quantitative estimate of drug-likeness (QED) is 0.899. The molecule has 1 aromatic carbocycles. The third kappa shape index (κ3) is 1.87. The smallest absolute Gasteiger partial charge is 0.338 e. The number of benzene rings is 1. The summed E-state index contributed by atoms with van der Waals surface area (Å²) in [5.74, 6) is 0.403. The molecule has 0 aromatic heterocycles. The monoisotopic (exact) mass is 289 g/mol. The van der Waals surface area contributed by atoms with E-state index in [4.69, 9.17) is 5.11 Å². The fraction of sp³-hybridized carbons (Fsp3) is 0.500. The fourth-order valence-corrected chi connectivity index (χ4v) is 4.67. The summed E-state index contributed by atoms with van der Waals surface area (Å²) >= 11 is 0. The summed E-state index contributed by atoms with van der Waals surface area (Å²) in [5.41, 5.74) is -0.0471. The van der Waals surface area contributed by atoms with Crippen molar-refractivity contribution in [3.05, 3.63) is 29.6 Å². The van der Waals surface area contributed by atoms with Crippen LogP contribution in [0.2, 0.25) is 0 Å². The van der Waals surface area contributed by atoms with Crippen LogP contribution in [-0.2, 0) is 4.79 Å². The Morgan fingerprint density at radius 2 is 1.86 bits per heavy atom. The number of nitrogens with one attached hydrogen (secondary N) is 1. The molecular weight excluding hydrogens is 273 g/mol. The van der Waals surface area contributed by atoms with Crippen LogP contribution in [0.25, 0.3) is 0 Å². The molecule has 4 unspecified atom stereocenters. The topological polar surface area (TPSA) is 66.4 Å². The lowest BCUT2D eigenvalue weighted by Crippen LogP contribution is -2.18. The molecule has 2 N–H and O–H groups in total. The van der Waals surface area contributed by atoms with Crippen LogP contribution in [0.5, 0.6) is 0 Å². The van der Waals surface area contributed by atoms with Gasteiger partial charge in [0, 0.05) is 11.6 Å². The molecule has 21 heavy (non-hydrogen) atoms. The van der Waals surface area contributed by atoms with Crippen LogP contribution in [0.15, 0.2) is 18.2 Å². The number of carboxylic acids is 1. The average Bonchev–Trinajstić information content (AvgIpc) is 2.88. The van der Waals surface area contributed by atoms with Crippen LogP contribution < -0.4 is 5.32 Å². The molecule has 110 valence electrons. The molecular formula is C16H16FNO3. The van der Waals surface area contributed by atoms with Gasteiger partial charge in [0.15, 0.2) is 0 Å². The molecule has 4 atom stereocenters. The lowest BCUT2D eigenvalue weighted by atomic mass is 10.0. The lowest BCUT2D eigenvalue weighted by Gasteiger charge is -2.10. The van der Waals surface area contributed by atoms with E-state index in [0.29, 0.717) is 29.4 Å². The van der Waals surface area contributed by atoms with Crippen molar-refractivity contribution in [2.75, 3.05) is 5.32 Å². The van der Waals surface area contributed by atoms with Crippen LogP contribution in [-0.4, -0.2) is 17.0 Å². The minimum atomic E-state index is -1.31. The number of amides is 1. The molecule has 1 amide bonds. The van der Waals surface area contributed by atoms with Crippen molar-refractivity contribution in [1.82, 2.24) is 0 Å². The molecule has 3 aliphatic rings. The summed E-state index contributed by atoms with van der Waals surface area (Å²) in [6.45, 7) is 0. The van der Waals surface area contributed by atoms with E-state index in [1.807, 2.05) is 0 Å². The number of hydrogen-bond donors (Lipinski definition) is 2. The minimum absolute atomic E-state index is 0.0379. The van der Waals surface area contributed by atoms with E-state index in [1.165, 1.54) is 31.4 Å². The minimum Gasteiger partial charge on any atom is -0.478 e. The number of rotatable bonds is 3. The standard InChI is InChI=1S/C16H16FNO3/c17-11-6-9(3-4-10(11)16(20)21)18-15(19)14-12-7-1-2-8(5-7)13(12)14/h3-4,6-8,12-14H,1-2,5H2,(H,18,19)(H,20,21). The van der Waals surface area contributed by atoms with Gasteiger partial charge in [0.2, 0.25) is 5.91 Å². The first-order valence-electron chi connectivity index (χ1n) is 7.40. The summed E-state index contributed by atoms with van der Waals surface area (Å²) in [5, 5.41) is 11.5. The van der Waals surface area contributed by atoms with Gasteiger partial charge in [-0.15, -0.1) is 0 Å². The number of carbonyl (C=O) groups is 2. The van der Waals surface area contributed by atoms with Gasteiger partial charge in [-0.3, -0.25) is 4.79 Å². The first kappa shape index (κ1) is 12.8. The highest BCUT2D eigenvalue weighted by Gasteiger charge is 2.67. The molecule has 1 aromatic rings. The molecule has 0 radical (unpaired) electrons. The van der Waals surface area contributed by atoms with Crippen molar-refractivity contribution in [2.45, 2.75) is 19.3 Å². The van der Waals surface area contributed by atoms with Crippen molar-refractivity contribution in [3.8, 4) is 0 Å². The maximum Gasteiger partial charge on any atom is 0.338 e. The molecule has 3 fully saturated rings. The Labute approximate surface area is 121 Å².